The van der Waals surface area contributed by atoms with Crippen LogP contribution in [0.15, 0.2) is 0 Å². The maximum atomic E-state index is 11.8. The van der Waals surface area contributed by atoms with E-state index in [0.29, 0.717) is 12.5 Å². The van der Waals surface area contributed by atoms with Gasteiger partial charge in [0.25, 0.3) is 0 Å². The highest BCUT2D eigenvalue weighted by Crippen LogP contribution is 2.16. The summed E-state index contributed by atoms with van der Waals surface area (Å²) in [5, 5.41) is 14.7. The quantitative estimate of drug-likeness (QED) is 0.649. The van der Waals surface area contributed by atoms with Gasteiger partial charge in [-0.1, -0.05) is 6.92 Å². The largest absolute Gasteiger partial charge is 0.480 e. The number of nitrogens with one attached hydrogen (secondary N) is 2. The molecule has 0 aromatic carbocycles. The summed E-state index contributed by atoms with van der Waals surface area (Å²) < 4.78 is 0. The smallest absolute Gasteiger partial charge is 0.326 e. The van der Waals surface area contributed by atoms with Crippen LogP contribution in [0.25, 0.3) is 0 Å². The van der Waals surface area contributed by atoms with Crippen LogP contribution in [-0.2, 0) is 9.59 Å². The van der Waals surface area contributed by atoms with Gasteiger partial charge in [-0.2, -0.15) is 0 Å². The third-order valence-electron chi connectivity index (χ3n) is 3.02. The molecule has 0 bridgehead atoms. The Morgan fingerprint density at radius 3 is 2.75 bits per heavy atom. The minimum Gasteiger partial charge on any atom is -0.480 e. The molecule has 16 heavy (non-hydrogen) atoms. The van der Waals surface area contributed by atoms with Crippen molar-refractivity contribution in [3.63, 3.8) is 0 Å². The number of carbonyl (C=O) groups excluding carboxylic acids is 1. The molecule has 5 nitrogen and oxygen atoms in total. The molecule has 1 aliphatic rings. The molecule has 5 heteroatoms. The van der Waals surface area contributed by atoms with E-state index in [0.717, 1.165) is 19.4 Å². The molecule has 3 N–H and O–H groups in total. The molecular weight excluding hydrogens is 208 g/mol. The summed E-state index contributed by atoms with van der Waals surface area (Å²) in [6, 6.07) is -0.424. The number of piperidine rings is 1. The number of carbonyl (C=O) groups is 2. The van der Waals surface area contributed by atoms with Crippen LogP contribution in [0, 0.1) is 5.92 Å². The zero-order chi connectivity index (χ0) is 12.1. The Labute approximate surface area is 95.6 Å². The first-order chi connectivity index (χ1) is 7.54. The second-order valence-corrected chi connectivity index (χ2v) is 4.38. The molecule has 1 aliphatic heterocycles. The van der Waals surface area contributed by atoms with Gasteiger partial charge in [0.05, 0.1) is 0 Å². The van der Waals surface area contributed by atoms with Crippen LogP contribution in [0.4, 0.5) is 0 Å². The Bertz CT molecular complexity index is 268. The first-order valence-electron chi connectivity index (χ1n) is 5.81. The average molecular weight is 228 g/mol. The van der Waals surface area contributed by atoms with Gasteiger partial charge in [-0.3, -0.25) is 4.79 Å². The minimum absolute atomic E-state index is 0.0513. The van der Waals surface area contributed by atoms with Crippen molar-refractivity contribution in [1.82, 2.24) is 10.6 Å². The Morgan fingerprint density at radius 1 is 1.56 bits per heavy atom. The highest BCUT2D eigenvalue weighted by atomic mass is 16.4. The lowest BCUT2D eigenvalue weighted by molar-refractivity contribution is -0.142. The predicted octanol–water partition coefficient (Wildman–Crippen LogP) is 0.354. The van der Waals surface area contributed by atoms with Crippen molar-refractivity contribution >= 4 is 11.9 Å². The lowest BCUT2D eigenvalue weighted by Crippen LogP contribution is -2.47. The summed E-state index contributed by atoms with van der Waals surface area (Å²) in [5.74, 6) is -1.13. The summed E-state index contributed by atoms with van der Waals surface area (Å²) in [6.07, 6.45) is 1.98. The van der Waals surface area contributed by atoms with Crippen LogP contribution >= 0.6 is 0 Å². The van der Waals surface area contributed by atoms with E-state index >= 15 is 0 Å². The number of hydrogen-bond acceptors (Lipinski definition) is 3. The van der Waals surface area contributed by atoms with Gasteiger partial charge in [-0.05, 0) is 32.7 Å². The summed E-state index contributed by atoms with van der Waals surface area (Å²) in [7, 11) is 0. The normalized spacial score (nSPS) is 27.1. The summed E-state index contributed by atoms with van der Waals surface area (Å²) in [4.78, 5) is 22.6. The van der Waals surface area contributed by atoms with Gasteiger partial charge >= 0.3 is 5.97 Å². The summed E-state index contributed by atoms with van der Waals surface area (Å²) in [5.41, 5.74) is 0. The van der Waals surface area contributed by atoms with Crippen molar-refractivity contribution in [2.45, 2.75) is 45.2 Å². The van der Waals surface area contributed by atoms with Crippen LogP contribution < -0.4 is 10.6 Å². The molecule has 1 amide bonds. The first-order valence-corrected chi connectivity index (χ1v) is 5.81. The van der Waals surface area contributed by atoms with Gasteiger partial charge < -0.3 is 15.7 Å². The van der Waals surface area contributed by atoms with Crippen molar-refractivity contribution in [2.75, 3.05) is 6.54 Å². The lowest BCUT2D eigenvalue weighted by Gasteiger charge is -2.28. The second-order valence-electron chi connectivity index (χ2n) is 4.38. The maximum absolute atomic E-state index is 11.8. The number of carboxylic acid groups (broad SMARTS) is 1. The van der Waals surface area contributed by atoms with Crippen molar-refractivity contribution in [2.24, 2.45) is 5.92 Å². The molecule has 1 saturated heterocycles. The van der Waals surface area contributed by atoms with Crippen LogP contribution in [0.2, 0.25) is 0 Å². The molecule has 1 rings (SSSR count). The van der Waals surface area contributed by atoms with Crippen molar-refractivity contribution in [3.05, 3.63) is 0 Å². The molecule has 1 fully saturated rings. The van der Waals surface area contributed by atoms with E-state index in [9.17, 15) is 9.59 Å². The molecule has 0 aromatic heterocycles. The van der Waals surface area contributed by atoms with Crippen LogP contribution in [0.3, 0.4) is 0 Å². The maximum Gasteiger partial charge on any atom is 0.326 e. The standard InChI is InChI=1S/C11H20N2O3/c1-3-9(11(15)16)13-10(14)8-4-5-12-7(2)6-8/h7-9,12H,3-6H2,1-2H3,(H,13,14)(H,15,16)/t7?,8?,9-/m0/s1. The predicted molar refractivity (Wildman–Crippen MR) is 60.0 cm³/mol. The molecule has 3 atom stereocenters. The molecule has 0 aromatic rings. The molecule has 0 radical (unpaired) electrons. The van der Waals surface area contributed by atoms with E-state index in [-0.39, 0.29) is 11.8 Å². The van der Waals surface area contributed by atoms with Gasteiger partial charge in [0, 0.05) is 12.0 Å². The van der Waals surface area contributed by atoms with Crippen molar-refractivity contribution in [3.8, 4) is 0 Å². The molecule has 0 aliphatic carbocycles. The Morgan fingerprint density at radius 2 is 2.25 bits per heavy atom. The Balaban J connectivity index is 2.47. The van der Waals surface area contributed by atoms with E-state index < -0.39 is 12.0 Å². The zero-order valence-corrected chi connectivity index (χ0v) is 9.82. The van der Waals surface area contributed by atoms with E-state index in [1.807, 2.05) is 6.92 Å². The fraction of sp³-hybridized carbons (Fsp3) is 0.818. The Hall–Kier alpha value is -1.10. The molecule has 2 unspecified atom stereocenters. The first kappa shape index (κ1) is 13.0. The van der Waals surface area contributed by atoms with Gasteiger partial charge in [-0.25, -0.2) is 4.79 Å². The fourth-order valence-electron chi connectivity index (χ4n) is 2.00. The number of hydrogen-bond donors (Lipinski definition) is 3. The number of rotatable bonds is 4. The van der Waals surface area contributed by atoms with E-state index in [1.54, 1.807) is 6.92 Å². The molecule has 0 spiro atoms. The van der Waals surface area contributed by atoms with E-state index in [1.165, 1.54) is 0 Å². The van der Waals surface area contributed by atoms with Crippen molar-refractivity contribution < 1.29 is 14.7 Å². The molecule has 92 valence electrons. The third kappa shape index (κ3) is 3.48. The number of amides is 1. The lowest BCUT2D eigenvalue weighted by atomic mass is 9.92. The molecule has 1 heterocycles. The van der Waals surface area contributed by atoms with Crippen LogP contribution in [0.5, 0.6) is 0 Å². The third-order valence-corrected chi connectivity index (χ3v) is 3.02. The molecule has 0 saturated carbocycles. The average Bonchev–Trinajstić information content (AvgIpc) is 2.25. The summed E-state index contributed by atoms with van der Waals surface area (Å²) >= 11 is 0. The van der Waals surface area contributed by atoms with Crippen LogP contribution in [0.1, 0.15) is 33.1 Å². The molecular formula is C11H20N2O3. The highest BCUT2D eigenvalue weighted by Gasteiger charge is 2.27. The van der Waals surface area contributed by atoms with Gasteiger partial charge in [0.1, 0.15) is 6.04 Å². The number of carboxylic acids is 1. The number of aliphatic carboxylic acids is 1. The van der Waals surface area contributed by atoms with Crippen LogP contribution in [-0.4, -0.2) is 35.6 Å². The second kappa shape index (κ2) is 5.84. The monoisotopic (exact) mass is 228 g/mol. The van der Waals surface area contributed by atoms with E-state index in [2.05, 4.69) is 10.6 Å². The SMILES string of the molecule is CC[C@H](NC(=O)C1CCNC(C)C1)C(=O)O. The topological polar surface area (TPSA) is 78.4 Å². The summed E-state index contributed by atoms with van der Waals surface area (Å²) in [6.45, 7) is 4.61. The zero-order valence-electron chi connectivity index (χ0n) is 9.82. The minimum atomic E-state index is -0.960. The van der Waals surface area contributed by atoms with E-state index in [4.69, 9.17) is 5.11 Å². The van der Waals surface area contributed by atoms with Gasteiger partial charge in [0.15, 0.2) is 0 Å². The van der Waals surface area contributed by atoms with Gasteiger partial charge in [0.2, 0.25) is 5.91 Å². The van der Waals surface area contributed by atoms with Crippen molar-refractivity contribution in [1.29, 1.82) is 0 Å². The van der Waals surface area contributed by atoms with Gasteiger partial charge in [-0.15, -0.1) is 0 Å². The highest BCUT2D eigenvalue weighted by molar-refractivity contribution is 5.85. The Kier molecular flexibility index (Phi) is 4.73. The fourth-order valence-corrected chi connectivity index (χ4v) is 2.00.